The molecule has 18 heavy (non-hydrogen) atoms. The average Bonchev–Trinajstić information content (AvgIpc) is 2.32. The van der Waals surface area contributed by atoms with Crippen LogP contribution < -0.4 is 4.74 Å². The van der Waals surface area contributed by atoms with E-state index in [1.54, 1.807) is 6.20 Å². The lowest BCUT2D eigenvalue weighted by Gasteiger charge is -2.14. The van der Waals surface area contributed by atoms with E-state index < -0.39 is 0 Å². The number of halogens is 1. The summed E-state index contributed by atoms with van der Waals surface area (Å²) in [5.74, 6) is 1.79. The summed E-state index contributed by atoms with van der Waals surface area (Å²) in [6.07, 6.45) is 3.15. The van der Waals surface area contributed by atoms with Crippen LogP contribution in [0.15, 0.2) is 35.2 Å². The molecule has 2 aromatic rings. The van der Waals surface area contributed by atoms with E-state index in [1.807, 2.05) is 13.0 Å². The lowest BCUT2D eigenvalue weighted by Crippen LogP contribution is -1.96. The van der Waals surface area contributed by atoms with Gasteiger partial charge in [0.2, 0.25) is 5.88 Å². The Morgan fingerprint density at radius 2 is 2.06 bits per heavy atom. The highest BCUT2D eigenvalue weighted by Gasteiger charge is 2.11. The first-order valence-electron chi connectivity index (χ1n) is 5.82. The van der Waals surface area contributed by atoms with Crippen molar-refractivity contribution in [1.29, 1.82) is 0 Å². The van der Waals surface area contributed by atoms with Gasteiger partial charge in [-0.25, -0.2) is 9.97 Å². The molecule has 4 heteroatoms. The predicted molar refractivity (Wildman–Crippen MR) is 75.1 cm³/mol. The Hall–Kier alpha value is -1.42. The van der Waals surface area contributed by atoms with Gasteiger partial charge < -0.3 is 4.74 Å². The van der Waals surface area contributed by atoms with Crippen molar-refractivity contribution in [3.63, 3.8) is 0 Å². The maximum absolute atomic E-state index is 5.88. The van der Waals surface area contributed by atoms with Crippen LogP contribution in [0.4, 0.5) is 0 Å². The number of aromatic nitrogens is 2. The summed E-state index contributed by atoms with van der Waals surface area (Å²) in [5, 5.41) is 0. The van der Waals surface area contributed by atoms with E-state index >= 15 is 0 Å². The van der Waals surface area contributed by atoms with Gasteiger partial charge in [-0.15, -0.1) is 0 Å². The van der Waals surface area contributed by atoms with E-state index in [9.17, 15) is 0 Å². The van der Waals surface area contributed by atoms with Gasteiger partial charge in [-0.05, 0) is 46.0 Å². The number of hydrogen-bond acceptors (Lipinski definition) is 3. The molecule has 0 amide bonds. The molecule has 0 aliphatic carbocycles. The fourth-order valence-electron chi connectivity index (χ4n) is 1.69. The van der Waals surface area contributed by atoms with Crippen LogP contribution in [0, 0.1) is 6.92 Å². The molecule has 0 saturated heterocycles. The van der Waals surface area contributed by atoms with Crippen molar-refractivity contribution in [2.24, 2.45) is 0 Å². The van der Waals surface area contributed by atoms with Crippen LogP contribution in [0.25, 0.3) is 0 Å². The molecule has 0 fully saturated rings. The maximum atomic E-state index is 5.88. The molecule has 1 heterocycles. The summed E-state index contributed by atoms with van der Waals surface area (Å²) in [6.45, 7) is 6.34. The molecular formula is C14H15BrN2O. The highest BCUT2D eigenvalue weighted by molar-refractivity contribution is 9.10. The second-order valence-electron chi connectivity index (χ2n) is 4.47. The Morgan fingerprint density at radius 1 is 1.28 bits per heavy atom. The lowest BCUT2D eigenvalue weighted by atomic mass is 10.0. The van der Waals surface area contributed by atoms with Crippen LogP contribution in [0.1, 0.15) is 30.9 Å². The van der Waals surface area contributed by atoms with Gasteiger partial charge in [0.15, 0.2) is 0 Å². The Labute approximate surface area is 115 Å². The topological polar surface area (TPSA) is 35.0 Å². The van der Waals surface area contributed by atoms with Crippen molar-refractivity contribution in [2.75, 3.05) is 0 Å². The summed E-state index contributed by atoms with van der Waals surface area (Å²) in [7, 11) is 0. The average molecular weight is 307 g/mol. The summed E-state index contributed by atoms with van der Waals surface area (Å²) < 4.78 is 6.64. The van der Waals surface area contributed by atoms with Crippen LogP contribution in [0.5, 0.6) is 11.6 Å². The maximum Gasteiger partial charge on any atom is 0.236 e. The Morgan fingerprint density at radius 3 is 2.72 bits per heavy atom. The smallest absolute Gasteiger partial charge is 0.236 e. The first kappa shape index (κ1) is 13.0. The first-order valence-corrected chi connectivity index (χ1v) is 6.61. The minimum atomic E-state index is 0.404. The predicted octanol–water partition coefficient (Wildman–Crippen LogP) is 4.46. The Balaban J connectivity index is 2.39. The summed E-state index contributed by atoms with van der Waals surface area (Å²) in [4.78, 5) is 8.05. The normalized spacial score (nSPS) is 10.7. The van der Waals surface area contributed by atoms with E-state index in [2.05, 4.69) is 51.9 Å². The van der Waals surface area contributed by atoms with E-state index in [-0.39, 0.29) is 0 Å². The number of rotatable bonds is 3. The van der Waals surface area contributed by atoms with Crippen LogP contribution >= 0.6 is 15.9 Å². The minimum absolute atomic E-state index is 0.404. The number of nitrogens with zero attached hydrogens (tertiary/aromatic N) is 2. The standard InChI is InChI=1S/C14H15BrN2O/c1-9(2)11-5-4-10(3)6-13(11)18-14-12(15)7-16-8-17-14/h4-9H,1-3H3. The third kappa shape index (κ3) is 2.88. The number of ether oxygens (including phenoxy) is 1. The van der Waals surface area contributed by atoms with Gasteiger partial charge in [0.1, 0.15) is 12.1 Å². The van der Waals surface area contributed by atoms with Gasteiger partial charge in [-0.2, -0.15) is 0 Å². The zero-order valence-electron chi connectivity index (χ0n) is 10.6. The van der Waals surface area contributed by atoms with Gasteiger partial charge in [0.25, 0.3) is 0 Å². The Kier molecular flexibility index (Phi) is 3.97. The largest absolute Gasteiger partial charge is 0.437 e. The highest BCUT2D eigenvalue weighted by Crippen LogP contribution is 2.33. The molecule has 0 radical (unpaired) electrons. The van der Waals surface area contributed by atoms with Crippen molar-refractivity contribution in [3.05, 3.63) is 46.3 Å². The van der Waals surface area contributed by atoms with Gasteiger partial charge in [0.05, 0.1) is 4.47 Å². The molecule has 0 unspecified atom stereocenters. The van der Waals surface area contributed by atoms with E-state index in [0.29, 0.717) is 11.8 Å². The molecule has 1 aromatic heterocycles. The first-order chi connectivity index (χ1) is 8.58. The van der Waals surface area contributed by atoms with Crippen molar-refractivity contribution in [2.45, 2.75) is 26.7 Å². The van der Waals surface area contributed by atoms with Gasteiger partial charge in [0, 0.05) is 6.20 Å². The van der Waals surface area contributed by atoms with Crippen LogP contribution in [0.3, 0.4) is 0 Å². The third-order valence-electron chi connectivity index (χ3n) is 2.63. The SMILES string of the molecule is Cc1ccc(C(C)C)c(Oc2ncncc2Br)c1. The lowest BCUT2D eigenvalue weighted by molar-refractivity contribution is 0.449. The zero-order chi connectivity index (χ0) is 13.1. The number of hydrogen-bond donors (Lipinski definition) is 0. The number of benzene rings is 1. The molecule has 0 aliphatic rings. The molecule has 94 valence electrons. The van der Waals surface area contributed by atoms with Crippen molar-refractivity contribution >= 4 is 15.9 Å². The van der Waals surface area contributed by atoms with E-state index in [0.717, 1.165) is 10.2 Å². The molecule has 1 aromatic carbocycles. The molecule has 0 atom stereocenters. The van der Waals surface area contributed by atoms with Gasteiger partial charge in [-0.3, -0.25) is 0 Å². The van der Waals surface area contributed by atoms with Crippen molar-refractivity contribution in [1.82, 2.24) is 9.97 Å². The van der Waals surface area contributed by atoms with Crippen molar-refractivity contribution < 1.29 is 4.74 Å². The minimum Gasteiger partial charge on any atom is -0.437 e. The van der Waals surface area contributed by atoms with Crippen molar-refractivity contribution in [3.8, 4) is 11.6 Å². The van der Waals surface area contributed by atoms with Gasteiger partial charge in [-0.1, -0.05) is 26.0 Å². The van der Waals surface area contributed by atoms with E-state index in [1.165, 1.54) is 17.5 Å². The molecule has 0 spiro atoms. The van der Waals surface area contributed by atoms with E-state index in [4.69, 9.17) is 4.74 Å². The molecular weight excluding hydrogens is 292 g/mol. The number of aryl methyl sites for hydroxylation is 1. The summed E-state index contributed by atoms with van der Waals surface area (Å²) >= 11 is 3.38. The van der Waals surface area contributed by atoms with Gasteiger partial charge >= 0.3 is 0 Å². The molecule has 3 nitrogen and oxygen atoms in total. The molecule has 0 N–H and O–H groups in total. The Bertz CT molecular complexity index is 555. The summed E-state index contributed by atoms with van der Waals surface area (Å²) in [5.41, 5.74) is 2.34. The molecule has 0 aliphatic heterocycles. The van der Waals surface area contributed by atoms with Crippen LogP contribution in [-0.2, 0) is 0 Å². The highest BCUT2D eigenvalue weighted by atomic mass is 79.9. The zero-order valence-corrected chi connectivity index (χ0v) is 12.2. The quantitative estimate of drug-likeness (QED) is 0.839. The molecule has 0 saturated carbocycles. The monoisotopic (exact) mass is 306 g/mol. The third-order valence-corrected chi connectivity index (χ3v) is 3.18. The molecule has 2 rings (SSSR count). The van der Waals surface area contributed by atoms with Crippen LogP contribution in [-0.4, -0.2) is 9.97 Å². The fourth-order valence-corrected chi connectivity index (χ4v) is 1.99. The van der Waals surface area contributed by atoms with Crippen LogP contribution in [0.2, 0.25) is 0 Å². The fraction of sp³-hybridized carbons (Fsp3) is 0.286. The summed E-state index contributed by atoms with van der Waals surface area (Å²) in [6, 6.07) is 6.23. The second-order valence-corrected chi connectivity index (χ2v) is 5.33. The molecule has 0 bridgehead atoms. The second kappa shape index (κ2) is 5.48.